The van der Waals surface area contributed by atoms with Crippen molar-refractivity contribution in [1.82, 2.24) is 10.2 Å². The lowest BCUT2D eigenvalue weighted by atomic mass is 9.82. The van der Waals surface area contributed by atoms with Gasteiger partial charge >= 0.3 is 0 Å². The zero-order valence-electron chi connectivity index (χ0n) is 13.3. The van der Waals surface area contributed by atoms with Gasteiger partial charge in [-0.25, -0.2) is 0 Å². The Balaban J connectivity index is 1.63. The first-order valence-corrected chi connectivity index (χ1v) is 8.64. The maximum absolute atomic E-state index is 3.85. The summed E-state index contributed by atoms with van der Waals surface area (Å²) in [5.41, 5.74) is 0. The molecule has 1 N–H and O–H groups in total. The third-order valence-electron chi connectivity index (χ3n) is 5.65. The molecule has 2 nitrogen and oxygen atoms in total. The molecule has 0 bridgehead atoms. The van der Waals surface area contributed by atoms with Crippen LogP contribution >= 0.6 is 0 Å². The van der Waals surface area contributed by atoms with Gasteiger partial charge in [-0.05, 0) is 76.5 Å². The summed E-state index contributed by atoms with van der Waals surface area (Å²) in [6.07, 6.45) is 8.60. The molecule has 2 rings (SSSR count). The van der Waals surface area contributed by atoms with Crippen LogP contribution in [0.1, 0.15) is 59.3 Å². The molecule has 0 spiro atoms. The number of nitrogens with one attached hydrogen (secondary N) is 1. The van der Waals surface area contributed by atoms with E-state index in [1.807, 2.05) is 0 Å². The van der Waals surface area contributed by atoms with Gasteiger partial charge in [-0.2, -0.15) is 0 Å². The summed E-state index contributed by atoms with van der Waals surface area (Å²) in [6, 6.07) is 0.721. The predicted octanol–water partition coefficient (Wildman–Crippen LogP) is 3.52. The van der Waals surface area contributed by atoms with Crippen molar-refractivity contribution in [1.29, 1.82) is 0 Å². The first kappa shape index (κ1) is 15.3. The summed E-state index contributed by atoms with van der Waals surface area (Å²) in [4.78, 5) is 2.59. The SMILES string of the molecule is CCN1CCC(C(C)NCC2CCC(C)CC2)CC1. The van der Waals surface area contributed by atoms with Crippen LogP contribution < -0.4 is 5.32 Å². The highest BCUT2D eigenvalue weighted by molar-refractivity contribution is 4.81. The van der Waals surface area contributed by atoms with E-state index in [9.17, 15) is 0 Å². The van der Waals surface area contributed by atoms with Crippen molar-refractivity contribution in [2.75, 3.05) is 26.2 Å². The summed E-state index contributed by atoms with van der Waals surface area (Å²) in [7, 11) is 0. The second-order valence-electron chi connectivity index (χ2n) is 7.09. The molecule has 0 aromatic heterocycles. The van der Waals surface area contributed by atoms with E-state index >= 15 is 0 Å². The third kappa shape index (κ3) is 4.75. The predicted molar refractivity (Wildman–Crippen MR) is 83.4 cm³/mol. The van der Waals surface area contributed by atoms with Crippen LogP contribution in [-0.4, -0.2) is 37.1 Å². The van der Waals surface area contributed by atoms with E-state index in [0.29, 0.717) is 0 Å². The van der Waals surface area contributed by atoms with Crippen molar-refractivity contribution in [3.05, 3.63) is 0 Å². The quantitative estimate of drug-likeness (QED) is 0.819. The van der Waals surface area contributed by atoms with Gasteiger partial charge in [-0.1, -0.05) is 26.7 Å². The lowest BCUT2D eigenvalue weighted by molar-refractivity contribution is 0.164. The molecule has 1 aliphatic carbocycles. The Morgan fingerprint density at radius 1 is 1.05 bits per heavy atom. The zero-order chi connectivity index (χ0) is 13.7. The molecule has 1 saturated heterocycles. The van der Waals surface area contributed by atoms with E-state index in [4.69, 9.17) is 0 Å². The van der Waals surface area contributed by atoms with Crippen LogP contribution in [-0.2, 0) is 0 Å². The molecule has 2 aliphatic rings. The van der Waals surface area contributed by atoms with Crippen LogP contribution in [0.2, 0.25) is 0 Å². The molecule has 1 atom stereocenters. The van der Waals surface area contributed by atoms with Gasteiger partial charge in [0, 0.05) is 6.04 Å². The Morgan fingerprint density at radius 3 is 2.26 bits per heavy atom. The molecule has 0 aromatic carbocycles. The Bertz CT molecular complexity index is 238. The highest BCUT2D eigenvalue weighted by Gasteiger charge is 2.24. The molecule has 1 unspecified atom stereocenters. The fourth-order valence-corrected chi connectivity index (χ4v) is 3.82. The van der Waals surface area contributed by atoms with Crippen molar-refractivity contribution in [3.63, 3.8) is 0 Å². The molecule has 1 heterocycles. The van der Waals surface area contributed by atoms with Crippen molar-refractivity contribution in [3.8, 4) is 0 Å². The van der Waals surface area contributed by atoms with Crippen LogP contribution in [0.25, 0.3) is 0 Å². The Labute approximate surface area is 120 Å². The van der Waals surface area contributed by atoms with E-state index in [0.717, 1.165) is 23.8 Å². The standard InChI is InChI=1S/C17H34N2/c1-4-19-11-9-17(10-12-19)15(3)18-13-16-7-5-14(2)6-8-16/h14-18H,4-13H2,1-3H3. The number of likely N-dealkylation sites (tertiary alicyclic amines) is 1. The summed E-state index contributed by atoms with van der Waals surface area (Å²) in [5.74, 6) is 2.84. The molecular formula is C17H34N2. The molecule has 1 aliphatic heterocycles. The maximum atomic E-state index is 3.85. The van der Waals surface area contributed by atoms with Gasteiger partial charge in [-0.3, -0.25) is 0 Å². The van der Waals surface area contributed by atoms with Crippen LogP contribution in [0.5, 0.6) is 0 Å². The third-order valence-corrected chi connectivity index (χ3v) is 5.65. The van der Waals surface area contributed by atoms with Crippen LogP contribution in [0.3, 0.4) is 0 Å². The van der Waals surface area contributed by atoms with Crippen LogP contribution in [0.4, 0.5) is 0 Å². The molecule has 2 fully saturated rings. The van der Waals surface area contributed by atoms with Crippen LogP contribution in [0.15, 0.2) is 0 Å². The van der Waals surface area contributed by atoms with Gasteiger partial charge in [0.15, 0.2) is 0 Å². The minimum Gasteiger partial charge on any atom is -0.314 e. The fourth-order valence-electron chi connectivity index (χ4n) is 3.82. The maximum Gasteiger partial charge on any atom is 0.00680 e. The first-order valence-electron chi connectivity index (χ1n) is 8.64. The van der Waals surface area contributed by atoms with Crippen molar-refractivity contribution in [2.24, 2.45) is 17.8 Å². The van der Waals surface area contributed by atoms with Gasteiger partial charge in [0.25, 0.3) is 0 Å². The monoisotopic (exact) mass is 266 g/mol. The molecule has 112 valence electrons. The van der Waals surface area contributed by atoms with Crippen molar-refractivity contribution in [2.45, 2.75) is 65.3 Å². The molecule has 2 heteroatoms. The van der Waals surface area contributed by atoms with Crippen molar-refractivity contribution < 1.29 is 0 Å². The van der Waals surface area contributed by atoms with E-state index in [1.165, 1.54) is 64.7 Å². The lowest BCUT2D eigenvalue weighted by Gasteiger charge is -2.35. The summed E-state index contributed by atoms with van der Waals surface area (Å²) in [6.45, 7) is 12.2. The lowest BCUT2D eigenvalue weighted by Crippen LogP contribution is -2.43. The minimum atomic E-state index is 0.721. The second-order valence-corrected chi connectivity index (χ2v) is 7.09. The van der Waals surface area contributed by atoms with E-state index in [2.05, 4.69) is 31.0 Å². The summed E-state index contributed by atoms with van der Waals surface area (Å²) in [5, 5.41) is 3.85. The van der Waals surface area contributed by atoms with Gasteiger partial charge in [0.05, 0.1) is 0 Å². The molecule has 0 aromatic rings. The van der Waals surface area contributed by atoms with Gasteiger partial charge in [0.1, 0.15) is 0 Å². The molecular weight excluding hydrogens is 232 g/mol. The summed E-state index contributed by atoms with van der Waals surface area (Å²) >= 11 is 0. The van der Waals surface area contributed by atoms with Gasteiger partial charge in [0.2, 0.25) is 0 Å². The Hall–Kier alpha value is -0.0800. The number of piperidine rings is 1. The first-order chi connectivity index (χ1) is 9.19. The second kappa shape index (κ2) is 7.64. The van der Waals surface area contributed by atoms with Gasteiger partial charge in [-0.15, -0.1) is 0 Å². The average molecular weight is 266 g/mol. The highest BCUT2D eigenvalue weighted by atomic mass is 15.1. The van der Waals surface area contributed by atoms with E-state index in [-0.39, 0.29) is 0 Å². The topological polar surface area (TPSA) is 15.3 Å². The van der Waals surface area contributed by atoms with E-state index < -0.39 is 0 Å². The number of hydrogen-bond acceptors (Lipinski definition) is 2. The number of nitrogens with zero attached hydrogens (tertiary/aromatic N) is 1. The zero-order valence-corrected chi connectivity index (χ0v) is 13.3. The normalized spacial score (nSPS) is 32.4. The Morgan fingerprint density at radius 2 is 1.68 bits per heavy atom. The fraction of sp³-hybridized carbons (Fsp3) is 1.00. The smallest absolute Gasteiger partial charge is 0.00680 e. The Kier molecular flexibility index (Phi) is 6.15. The molecule has 0 radical (unpaired) electrons. The molecule has 19 heavy (non-hydrogen) atoms. The van der Waals surface area contributed by atoms with Gasteiger partial charge < -0.3 is 10.2 Å². The average Bonchev–Trinajstić information content (AvgIpc) is 2.46. The molecule has 1 saturated carbocycles. The summed E-state index contributed by atoms with van der Waals surface area (Å²) < 4.78 is 0. The van der Waals surface area contributed by atoms with Crippen molar-refractivity contribution >= 4 is 0 Å². The molecule has 0 amide bonds. The number of hydrogen-bond donors (Lipinski definition) is 1. The number of rotatable bonds is 5. The minimum absolute atomic E-state index is 0.721. The van der Waals surface area contributed by atoms with E-state index in [1.54, 1.807) is 0 Å². The highest BCUT2D eigenvalue weighted by Crippen LogP contribution is 2.28. The largest absolute Gasteiger partial charge is 0.314 e. The van der Waals surface area contributed by atoms with Crippen LogP contribution in [0, 0.1) is 17.8 Å².